The molecule has 0 rings (SSSR count). The molecule has 0 atom stereocenters. The second-order valence-electron chi connectivity index (χ2n) is 0.412. The van der Waals surface area contributed by atoms with Crippen LogP contribution < -0.4 is 0 Å². The Hall–Kier alpha value is 0.966. The number of hydrogen-bond acceptors (Lipinski definition) is 2. The molecule has 0 saturated heterocycles. The summed E-state index contributed by atoms with van der Waals surface area (Å²) in [6.45, 7) is 0. The Labute approximate surface area is 59.0 Å². The summed E-state index contributed by atoms with van der Waals surface area (Å²) in [5.41, 5.74) is 0. The first-order chi connectivity index (χ1) is 2.00. The first kappa shape index (κ1) is 10.1. The summed E-state index contributed by atoms with van der Waals surface area (Å²) in [5.74, 6) is 0. The van der Waals surface area contributed by atoms with Crippen LogP contribution in [0, 0.1) is 0 Å². The van der Waals surface area contributed by atoms with Crippen molar-refractivity contribution < 1.29 is 15.8 Å². The van der Waals surface area contributed by atoms with Gasteiger partial charge in [0.15, 0.2) is 0 Å². The maximum atomic E-state index is 8.95. The second-order valence-corrected chi connectivity index (χ2v) is 2.41. The van der Waals surface area contributed by atoms with E-state index >= 15 is 0 Å². The van der Waals surface area contributed by atoms with Gasteiger partial charge in [0.25, 0.3) is 0 Å². The van der Waals surface area contributed by atoms with E-state index < -0.39 is 9.33 Å². The standard InChI is InChI=1S/ClHO3S.Mg.2H/c1-5(2,3)4;;;/h(H,2,3,4);;;/q;+2;2*-1. The molecule has 0 unspecified atom stereocenters. The molecule has 0 heterocycles. The Morgan fingerprint density at radius 1 is 1.67 bits per heavy atom. The number of rotatable bonds is 0. The van der Waals surface area contributed by atoms with Gasteiger partial charge in [0, 0.05) is 10.7 Å². The Kier molecular flexibility index (Phi) is 5.08. The molecule has 0 fully saturated rings. The van der Waals surface area contributed by atoms with Crippen LogP contribution in [0.4, 0.5) is 0 Å². The van der Waals surface area contributed by atoms with Crippen LogP contribution in [0.5, 0.6) is 0 Å². The quantitative estimate of drug-likeness (QED) is 0.292. The van der Waals surface area contributed by atoms with Crippen LogP contribution in [0.25, 0.3) is 0 Å². The monoisotopic (exact) mass is 142 g/mol. The van der Waals surface area contributed by atoms with E-state index in [1.54, 1.807) is 0 Å². The van der Waals surface area contributed by atoms with Crippen molar-refractivity contribution in [2.75, 3.05) is 0 Å². The molecule has 36 valence electrons. The van der Waals surface area contributed by atoms with Gasteiger partial charge in [-0.3, -0.25) is 4.55 Å². The minimum atomic E-state index is -4.19. The van der Waals surface area contributed by atoms with Gasteiger partial charge in [-0.15, -0.1) is 0 Å². The zero-order valence-corrected chi connectivity index (χ0v) is 5.74. The molecule has 0 bridgehead atoms. The Morgan fingerprint density at radius 2 is 1.67 bits per heavy atom. The topological polar surface area (TPSA) is 54.4 Å². The van der Waals surface area contributed by atoms with E-state index in [0.29, 0.717) is 0 Å². The third kappa shape index (κ3) is 83.7. The Morgan fingerprint density at radius 3 is 1.67 bits per heavy atom. The molecule has 0 aliphatic rings. The summed E-state index contributed by atoms with van der Waals surface area (Å²) in [6, 6.07) is 0. The molecule has 6 heavy (non-hydrogen) atoms. The maximum Gasteiger partial charge on any atom is 2.00 e. The fourth-order valence-corrected chi connectivity index (χ4v) is 0. The molecule has 0 saturated carbocycles. The minimum Gasteiger partial charge on any atom is -1.00 e. The summed E-state index contributed by atoms with van der Waals surface area (Å²) in [5, 5.41) is 0. The van der Waals surface area contributed by atoms with E-state index in [-0.39, 0.29) is 25.9 Å². The van der Waals surface area contributed by atoms with E-state index in [9.17, 15) is 0 Å². The molecule has 0 radical (unpaired) electrons. The van der Waals surface area contributed by atoms with Gasteiger partial charge < -0.3 is 2.85 Å². The SMILES string of the molecule is O=S(=O)(O)Cl.[H-].[H-].[Mg+2]. The molecule has 0 aromatic heterocycles. The van der Waals surface area contributed by atoms with Crippen molar-refractivity contribution in [2.45, 2.75) is 0 Å². The fourth-order valence-electron chi connectivity index (χ4n) is 0. The van der Waals surface area contributed by atoms with Gasteiger partial charge in [-0.25, -0.2) is 0 Å². The van der Waals surface area contributed by atoms with Crippen molar-refractivity contribution in [1.82, 2.24) is 0 Å². The summed E-state index contributed by atoms with van der Waals surface area (Å²) in [7, 11) is -0.137. The van der Waals surface area contributed by atoms with Crippen LogP contribution in [-0.4, -0.2) is 36.0 Å². The molecular formula is H3ClMgO3S. The average Bonchev–Trinajstić information content (AvgIpc) is 0.722. The predicted molar refractivity (Wildman–Crippen MR) is 25.4 cm³/mol. The van der Waals surface area contributed by atoms with Crippen LogP contribution >= 0.6 is 10.7 Å². The van der Waals surface area contributed by atoms with E-state index in [2.05, 4.69) is 10.7 Å². The van der Waals surface area contributed by atoms with Crippen LogP contribution in [0.3, 0.4) is 0 Å². The largest absolute Gasteiger partial charge is 2.00 e. The summed E-state index contributed by atoms with van der Waals surface area (Å²) >= 11 is 0. The van der Waals surface area contributed by atoms with Crippen LogP contribution in [0.2, 0.25) is 0 Å². The maximum absolute atomic E-state index is 8.95. The van der Waals surface area contributed by atoms with Crippen LogP contribution in [0.15, 0.2) is 0 Å². The van der Waals surface area contributed by atoms with E-state index in [1.165, 1.54) is 0 Å². The molecule has 1 N–H and O–H groups in total. The molecule has 3 nitrogen and oxygen atoms in total. The fraction of sp³-hybridized carbons (Fsp3) is 0. The Bertz CT molecular complexity index is 100. The van der Waals surface area contributed by atoms with Crippen LogP contribution in [0.1, 0.15) is 2.85 Å². The smallest absolute Gasteiger partial charge is 1.00 e. The van der Waals surface area contributed by atoms with Gasteiger partial charge in [0.05, 0.1) is 0 Å². The molecule has 0 aromatic rings. The first-order valence-electron chi connectivity index (χ1n) is 0.670. The molecule has 0 spiro atoms. The van der Waals surface area contributed by atoms with Gasteiger partial charge in [-0.05, 0) is 0 Å². The molecule has 0 aliphatic heterocycles. The summed E-state index contributed by atoms with van der Waals surface area (Å²) in [6.07, 6.45) is 0. The molecular weight excluding hydrogens is 140 g/mol. The van der Waals surface area contributed by atoms with Crippen molar-refractivity contribution in [3.8, 4) is 0 Å². The minimum absolute atomic E-state index is 0. The van der Waals surface area contributed by atoms with Crippen molar-refractivity contribution >= 4 is 43.1 Å². The zero-order chi connectivity index (χ0) is 4.50. The van der Waals surface area contributed by atoms with E-state index in [1.807, 2.05) is 0 Å². The summed E-state index contributed by atoms with van der Waals surface area (Å²) < 4.78 is 25.2. The number of halogens is 1. The molecule has 6 heteroatoms. The average molecular weight is 143 g/mol. The second kappa shape index (κ2) is 3.03. The normalized spacial score (nSPS) is 9.67. The van der Waals surface area contributed by atoms with E-state index in [4.69, 9.17) is 13.0 Å². The van der Waals surface area contributed by atoms with Crippen molar-refractivity contribution in [3.63, 3.8) is 0 Å². The third-order valence-corrected chi connectivity index (χ3v) is 0. The number of hydrogen-bond donors (Lipinski definition) is 1. The van der Waals surface area contributed by atoms with Crippen molar-refractivity contribution in [2.24, 2.45) is 0 Å². The van der Waals surface area contributed by atoms with Gasteiger partial charge in [0.2, 0.25) is 0 Å². The molecule has 0 amide bonds. The predicted octanol–water partition coefficient (Wildman–Crippen LogP) is -0.128. The summed E-state index contributed by atoms with van der Waals surface area (Å²) in [4.78, 5) is 0. The van der Waals surface area contributed by atoms with Gasteiger partial charge in [-0.1, -0.05) is 0 Å². The molecule has 0 aromatic carbocycles. The van der Waals surface area contributed by atoms with Gasteiger partial charge in [-0.2, -0.15) is 8.42 Å². The van der Waals surface area contributed by atoms with Gasteiger partial charge in [0.1, 0.15) is 0 Å². The Balaban J connectivity index is -0.0000000267. The van der Waals surface area contributed by atoms with Gasteiger partial charge >= 0.3 is 32.4 Å². The van der Waals surface area contributed by atoms with E-state index in [0.717, 1.165) is 0 Å². The van der Waals surface area contributed by atoms with Crippen molar-refractivity contribution in [3.05, 3.63) is 0 Å². The molecule has 0 aliphatic carbocycles. The third-order valence-electron chi connectivity index (χ3n) is 0. The first-order valence-corrected chi connectivity index (χ1v) is 2.94. The van der Waals surface area contributed by atoms with Crippen LogP contribution in [-0.2, 0) is 9.33 Å². The zero-order valence-electron chi connectivity index (χ0n) is 4.76. The van der Waals surface area contributed by atoms with Crippen molar-refractivity contribution in [1.29, 1.82) is 0 Å².